The summed E-state index contributed by atoms with van der Waals surface area (Å²) in [5.41, 5.74) is 6.76. The second-order valence-electron chi connectivity index (χ2n) is 5.04. The lowest BCUT2D eigenvalue weighted by molar-refractivity contribution is 0.160. The van der Waals surface area contributed by atoms with Crippen LogP contribution in [0.25, 0.3) is 0 Å². The van der Waals surface area contributed by atoms with E-state index in [1.807, 2.05) is 0 Å². The van der Waals surface area contributed by atoms with E-state index < -0.39 is 0 Å². The maximum absolute atomic E-state index is 6.10. The van der Waals surface area contributed by atoms with Gasteiger partial charge in [0.2, 0.25) is 0 Å². The highest BCUT2D eigenvalue weighted by molar-refractivity contribution is 5.21. The van der Waals surface area contributed by atoms with E-state index in [0.29, 0.717) is 22.8 Å². The van der Waals surface area contributed by atoms with Crippen molar-refractivity contribution in [2.24, 2.45) is 22.5 Å². The lowest BCUT2D eigenvalue weighted by Crippen LogP contribution is -2.21. The van der Waals surface area contributed by atoms with Gasteiger partial charge >= 0.3 is 0 Å². The van der Waals surface area contributed by atoms with Crippen LogP contribution in [0.3, 0.4) is 0 Å². The number of hydrogen-bond donors (Lipinski definition) is 1. The van der Waals surface area contributed by atoms with Crippen LogP contribution >= 0.6 is 0 Å². The first-order chi connectivity index (χ1) is 5.51. The summed E-state index contributed by atoms with van der Waals surface area (Å²) in [6.07, 6.45) is 1.20. The molecule has 1 heterocycles. The van der Waals surface area contributed by atoms with Crippen molar-refractivity contribution in [3.8, 4) is 0 Å². The van der Waals surface area contributed by atoms with Crippen LogP contribution in [-0.2, 0) is 4.74 Å². The minimum Gasteiger partial charge on any atom is -0.381 e. The number of ether oxygens (including phenoxy) is 1. The van der Waals surface area contributed by atoms with E-state index in [0.717, 1.165) is 13.2 Å². The van der Waals surface area contributed by atoms with Crippen molar-refractivity contribution in [2.75, 3.05) is 13.2 Å². The molecule has 0 spiro atoms. The Morgan fingerprint density at radius 3 is 2.25 bits per heavy atom. The van der Waals surface area contributed by atoms with Gasteiger partial charge in [-0.1, -0.05) is 20.8 Å². The summed E-state index contributed by atoms with van der Waals surface area (Å²) >= 11 is 0. The van der Waals surface area contributed by atoms with Gasteiger partial charge in [-0.15, -0.1) is 0 Å². The first kappa shape index (κ1) is 8.52. The minimum atomic E-state index is 0.325. The Labute approximate surface area is 74.5 Å². The molecule has 0 radical (unpaired) electrons. The minimum absolute atomic E-state index is 0.325. The average molecular weight is 169 g/mol. The molecule has 70 valence electrons. The van der Waals surface area contributed by atoms with Gasteiger partial charge in [0.05, 0.1) is 6.61 Å². The molecule has 1 saturated carbocycles. The molecule has 2 aliphatic rings. The van der Waals surface area contributed by atoms with Gasteiger partial charge in [-0.25, -0.2) is 0 Å². The van der Waals surface area contributed by atoms with E-state index in [1.54, 1.807) is 0 Å². The number of hydrogen-bond acceptors (Lipinski definition) is 2. The van der Waals surface area contributed by atoms with Gasteiger partial charge in [0.25, 0.3) is 0 Å². The molecule has 2 rings (SSSR count). The predicted octanol–water partition coefficient (Wildman–Crippen LogP) is 1.40. The Morgan fingerprint density at radius 2 is 1.92 bits per heavy atom. The van der Waals surface area contributed by atoms with E-state index in [2.05, 4.69) is 20.8 Å². The molecule has 0 aromatic heterocycles. The van der Waals surface area contributed by atoms with Crippen LogP contribution in [0, 0.1) is 16.7 Å². The second kappa shape index (κ2) is 2.24. The molecule has 0 aromatic rings. The van der Waals surface area contributed by atoms with Crippen LogP contribution in [-0.4, -0.2) is 19.3 Å². The first-order valence-corrected chi connectivity index (χ1v) is 4.84. The molecule has 2 heteroatoms. The molecule has 2 N–H and O–H groups in total. The molecule has 12 heavy (non-hydrogen) atoms. The van der Waals surface area contributed by atoms with Crippen LogP contribution in [0.1, 0.15) is 27.2 Å². The van der Waals surface area contributed by atoms with E-state index >= 15 is 0 Å². The number of rotatable bonds is 1. The Balaban J connectivity index is 2.13. The third-order valence-electron chi connectivity index (χ3n) is 4.51. The Kier molecular flexibility index (Phi) is 1.59. The van der Waals surface area contributed by atoms with Crippen LogP contribution in [0.4, 0.5) is 0 Å². The van der Waals surface area contributed by atoms with Crippen molar-refractivity contribution in [1.29, 1.82) is 0 Å². The van der Waals surface area contributed by atoms with Gasteiger partial charge in [0.15, 0.2) is 0 Å². The SMILES string of the molecule is CC1(C)C(N)C1(C)C1CCOC1. The Bertz CT molecular complexity index is 196. The molecule has 2 fully saturated rings. The summed E-state index contributed by atoms with van der Waals surface area (Å²) in [5.74, 6) is 0.697. The standard InChI is InChI=1S/C10H19NO/c1-9(2)8(11)10(9,3)7-4-5-12-6-7/h7-8H,4-6,11H2,1-3H3. The third kappa shape index (κ3) is 0.775. The van der Waals surface area contributed by atoms with E-state index in [1.165, 1.54) is 6.42 Å². The summed E-state index contributed by atoms with van der Waals surface area (Å²) in [6.45, 7) is 8.72. The summed E-state index contributed by atoms with van der Waals surface area (Å²) in [5, 5.41) is 0. The van der Waals surface area contributed by atoms with Crippen molar-refractivity contribution in [3.05, 3.63) is 0 Å². The molecule has 0 amide bonds. The van der Waals surface area contributed by atoms with Gasteiger partial charge < -0.3 is 10.5 Å². The molecule has 0 bridgehead atoms. The van der Waals surface area contributed by atoms with Gasteiger partial charge in [-0.3, -0.25) is 0 Å². The smallest absolute Gasteiger partial charge is 0.0501 e. The average Bonchev–Trinajstić information content (AvgIpc) is 2.53. The van der Waals surface area contributed by atoms with Crippen molar-refractivity contribution < 1.29 is 4.74 Å². The zero-order valence-corrected chi connectivity index (χ0v) is 8.26. The third-order valence-corrected chi connectivity index (χ3v) is 4.51. The van der Waals surface area contributed by atoms with Crippen LogP contribution in [0.15, 0.2) is 0 Å². The van der Waals surface area contributed by atoms with Crippen molar-refractivity contribution in [3.63, 3.8) is 0 Å². The van der Waals surface area contributed by atoms with Crippen molar-refractivity contribution >= 4 is 0 Å². The molecule has 2 nitrogen and oxygen atoms in total. The number of nitrogens with two attached hydrogens (primary N) is 1. The van der Waals surface area contributed by atoms with Gasteiger partial charge in [-0.05, 0) is 23.2 Å². The van der Waals surface area contributed by atoms with Crippen LogP contribution in [0.2, 0.25) is 0 Å². The Morgan fingerprint density at radius 1 is 1.33 bits per heavy atom. The topological polar surface area (TPSA) is 35.2 Å². The van der Waals surface area contributed by atoms with E-state index in [9.17, 15) is 0 Å². The fraction of sp³-hybridized carbons (Fsp3) is 1.00. The highest BCUT2D eigenvalue weighted by atomic mass is 16.5. The zero-order chi connectivity index (χ0) is 8.98. The van der Waals surface area contributed by atoms with Crippen LogP contribution < -0.4 is 5.73 Å². The lowest BCUT2D eigenvalue weighted by atomic mass is 9.84. The quantitative estimate of drug-likeness (QED) is 0.644. The van der Waals surface area contributed by atoms with E-state index in [-0.39, 0.29) is 0 Å². The predicted molar refractivity (Wildman–Crippen MR) is 48.8 cm³/mol. The molecule has 1 saturated heterocycles. The summed E-state index contributed by atoms with van der Waals surface area (Å²) in [4.78, 5) is 0. The van der Waals surface area contributed by atoms with Crippen molar-refractivity contribution in [2.45, 2.75) is 33.2 Å². The lowest BCUT2D eigenvalue weighted by Gasteiger charge is -2.20. The molecular formula is C10H19NO. The van der Waals surface area contributed by atoms with Gasteiger partial charge in [-0.2, -0.15) is 0 Å². The monoisotopic (exact) mass is 169 g/mol. The summed E-state index contributed by atoms with van der Waals surface area (Å²) in [7, 11) is 0. The normalized spacial score (nSPS) is 51.0. The molecule has 3 unspecified atom stereocenters. The highest BCUT2D eigenvalue weighted by Crippen LogP contribution is 2.67. The summed E-state index contributed by atoms with van der Waals surface area (Å²) < 4.78 is 5.41. The zero-order valence-electron chi connectivity index (χ0n) is 8.26. The fourth-order valence-corrected chi connectivity index (χ4v) is 2.85. The Hall–Kier alpha value is -0.0800. The summed E-state index contributed by atoms with van der Waals surface area (Å²) in [6, 6.07) is 0.372. The molecular weight excluding hydrogens is 150 g/mol. The maximum Gasteiger partial charge on any atom is 0.0501 e. The first-order valence-electron chi connectivity index (χ1n) is 4.84. The molecule has 1 aliphatic heterocycles. The molecule has 3 atom stereocenters. The molecule has 0 aromatic carbocycles. The van der Waals surface area contributed by atoms with Gasteiger partial charge in [0.1, 0.15) is 0 Å². The largest absolute Gasteiger partial charge is 0.381 e. The van der Waals surface area contributed by atoms with Crippen LogP contribution in [0.5, 0.6) is 0 Å². The van der Waals surface area contributed by atoms with Gasteiger partial charge in [0, 0.05) is 12.6 Å². The van der Waals surface area contributed by atoms with Crippen molar-refractivity contribution in [1.82, 2.24) is 0 Å². The maximum atomic E-state index is 6.10. The fourth-order valence-electron chi connectivity index (χ4n) is 2.85. The van der Waals surface area contributed by atoms with E-state index in [4.69, 9.17) is 10.5 Å². The molecule has 1 aliphatic carbocycles. The second-order valence-corrected chi connectivity index (χ2v) is 5.04. The highest BCUT2D eigenvalue weighted by Gasteiger charge is 2.69.